The molecule has 1 aliphatic carbocycles. The summed E-state index contributed by atoms with van der Waals surface area (Å²) in [5.41, 5.74) is 4.64. The van der Waals surface area contributed by atoms with E-state index in [0.717, 1.165) is 35.3 Å². The Labute approximate surface area is 174 Å². The molecule has 0 bridgehead atoms. The zero-order valence-electron chi connectivity index (χ0n) is 16.5. The third-order valence-corrected chi connectivity index (χ3v) is 5.24. The molecule has 1 fully saturated rings. The lowest BCUT2D eigenvalue weighted by molar-refractivity contribution is 0.0943. The maximum atomic E-state index is 13.0. The molecular weight excluding hydrogens is 376 g/mol. The average molecular weight is 398 g/mol. The van der Waals surface area contributed by atoms with E-state index in [2.05, 4.69) is 15.4 Å². The number of aromatic nitrogens is 5. The summed E-state index contributed by atoms with van der Waals surface area (Å²) in [5.74, 6) is 0.365. The number of hydrogen-bond acceptors (Lipinski definition) is 4. The van der Waals surface area contributed by atoms with Gasteiger partial charge in [0.15, 0.2) is 0 Å². The van der Waals surface area contributed by atoms with Crippen LogP contribution in [0.1, 0.15) is 46.1 Å². The molecule has 5 rings (SSSR count). The van der Waals surface area contributed by atoms with E-state index in [9.17, 15) is 4.79 Å². The van der Waals surface area contributed by atoms with Crippen LogP contribution in [0, 0.1) is 0 Å². The fourth-order valence-electron chi connectivity index (χ4n) is 3.44. The van der Waals surface area contributed by atoms with E-state index in [1.54, 1.807) is 15.7 Å². The molecule has 4 aromatic rings. The summed E-state index contributed by atoms with van der Waals surface area (Å²) in [6.45, 7) is 1.13. The highest BCUT2D eigenvalue weighted by Crippen LogP contribution is 2.39. The van der Waals surface area contributed by atoms with Crippen molar-refractivity contribution in [3.05, 3.63) is 95.8 Å². The highest BCUT2D eigenvalue weighted by atomic mass is 16.2. The van der Waals surface area contributed by atoms with Crippen LogP contribution in [0.2, 0.25) is 0 Å². The second kappa shape index (κ2) is 7.94. The van der Waals surface area contributed by atoms with Crippen molar-refractivity contribution in [3.63, 3.8) is 0 Å². The normalized spacial score (nSPS) is 13.3. The number of nitrogens with zero attached hydrogens (tertiary/aromatic N) is 5. The van der Waals surface area contributed by atoms with Gasteiger partial charge >= 0.3 is 0 Å². The first-order chi connectivity index (χ1) is 14.8. The zero-order valence-corrected chi connectivity index (χ0v) is 16.5. The Bertz CT molecular complexity index is 1130. The van der Waals surface area contributed by atoms with Crippen molar-refractivity contribution in [2.45, 2.75) is 31.8 Å². The number of hydrogen-bond donors (Lipinski definition) is 1. The summed E-state index contributed by atoms with van der Waals surface area (Å²) in [4.78, 5) is 16.9. The van der Waals surface area contributed by atoms with Crippen LogP contribution in [-0.2, 0) is 13.1 Å². The molecular formula is C23H22N6O. The zero-order chi connectivity index (χ0) is 20.3. The number of para-hydroxylation sites is 1. The van der Waals surface area contributed by atoms with Crippen LogP contribution in [0.5, 0.6) is 0 Å². The third kappa shape index (κ3) is 4.00. The predicted octanol–water partition coefficient (Wildman–Crippen LogP) is 3.32. The van der Waals surface area contributed by atoms with Gasteiger partial charge in [0.2, 0.25) is 0 Å². The molecule has 150 valence electrons. The van der Waals surface area contributed by atoms with Gasteiger partial charge < -0.3 is 5.32 Å². The molecule has 0 radical (unpaired) electrons. The topological polar surface area (TPSA) is 77.6 Å². The van der Waals surface area contributed by atoms with Crippen molar-refractivity contribution in [2.75, 3.05) is 0 Å². The Kier molecular flexibility index (Phi) is 4.85. The largest absolute Gasteiger partial charge is 0.347 e. The Hall–Kier alpha value is -3.74. The van der Waals surface area contributed by atoms with Gasteiger partial charge in [-0.05, 0) is 42.2 Å². The summed E-state index contributed by atoms with van der Waals surface area (Å²) >= 11 is 0. The fourth-order valence-corrected chi connectivity index (χ4v) is 3.44. The molecule has 0 atom stereocenters. The van der Waals surface area contributed by atoms with Gasteiger partial charge in [0.25, 0.3) is 5.91 Å². The minimum Gasteiger partial charge on any atom is -0.347 e. The van der Waals surface area contributed by atoms with Gasteiger partial charge in [-0.2, -0.15) is 10.2 Å². The lowest BCUT2D eigenvalue weighted by Gasteiger charge is -2.09. The van der Waals surface area contributed by atoms with Gasteiger partial charge in [-0.3, -0.25) is 4.79 Å². The van der Waals surface area contributed by atoms with Crippen LogP contribution in [-0.4, -0.2) is 30.5 Å². The van der Waals surface area contributed by atoms with Crippen LogP contribution in [0.25, 0.3) is 5.69 Å². The Balaban J connectivity index is 1.28. The van der Waals surface area contributed by atoms with E-state index in [4.69, 9.17) is 5.10 Å². The molecule has 30 heavy (non-hydrogen) atoms. The first kappa shape index (κ1) is 18.3. The molecule has 1 amide bonds. The molecule has 1 saturated carbocycles. The first-order valence-electron chi connectivity index (χ1n) is 10.1. The summed E-state index contributed by atoms with van der Waals surface area (Å²) in [7, 11) is 0. The minimum absolute atomic E-state index is 0.120. The van der Waals surface area contributed by atoms with Gasteiger partial charge in [-0.25, -0.2) is 14.3 Å². The predicted molar refractivity (Wildman–Crippen MR) is 112 cm³/mol. The van der Waals surface area contributed by atoms with E-state index in [-0.39, 0.29) is 5.91 Å². The Morgan fingerprint density at radius 1 is 1.03 bits per heavy atom. The second-order valence-corrected chi connectivity index (χ2v) is 7.57. The number of carbonyl (C=O) groups is 1. The Morgan fingerprint density at radius 3 is 2.50 bits per heavy atom. The number of carbonyl (C=O) groups excluding carboxylic acids is 1. The molecule has 2 heterocycles. The molecule has 0 aliphatic heterocycles. The molecule has 2 aromatic carbocycles. The van der Waals surface area contributed by atoms with Crippen molar-refractivity contribution >= 4 is 5.91 Å². The van der Waals surface area contributed by atoms with Crippen molar-refractivity contribution in [1.82, 2.24) is 29.9 Å². The highest BCUT2D eigenvalue weighted by Gasteiger charge is 2.29. The molecule has 7 nitrogen and oxygen atoms in total. The van der Waals surface area contributed by atoms with Crippen LogP contribution >= 0.6 is 0 Å². The first-order valence-corrected chi connectivity index (χ1v) is 10.1. The smallest absolute Gasteiger partial charge is 0.270 e. The molecule has 0 saturated heterocycles. The van der Waals surface area contributed by atoms with Gasteiger partial charge in [-0.15, -0.1) is 0 Å². The lowest BCUT2D eigenvalue weighted by Crippen LogP contribution is -2.25. The van der Waals surface area contributed by atoms with Gasteiger partial charge in [0.1, 0.15) is 18.3 Å². The quantitative estimate of drug-likeness (QED) is 0.518. The molecule has 1 aliphatic rings. The van der Waals surface area contributed by atoms with E-state index in [1.165, 1.54) is 6.33 Å². The van der Waals surface area contributed by atoms with Gasteiger partial charge in [0.05, 0.1) is 17.9 Å². The number of rotatable bonds is 7. The van der Waals surface area contributed by atoms with Crippen molar-refractivity contribution in [3.8, 4) is 5.69 Å². The summed E-state index contributed by atoms with van der Waals surface area (Å²) in [6, 6.07) is 19.9. The maximum Gasteiger partial charge on any atom is 0.270 e. The van der Waals surface area contributed by atoms with Crippen molar-refractivity contribution < 1.29 is 4.79 Å². The third-order valence-electron chi connectivity index (χ3n) is 5.24. The van der Waals surface area contributed by atoms with Crippen molar-refractivity contribution in [1.29, 1.82) is 0 Å². The van der Waals surface area contributed by atoms with Crippen LogP contribution in [0.4, 0.5) is 0 Å². The van der Waals surface area contributed by atoms with E-state index in [1.807, 2.05) is 60.7 Å². The van der Waals surface area contributed by atoms with Crippen molar-refractivity contribution in [2.24, 2.45) is 0 Å². The SMILES string of the molecule is O=C(NCc1ccc(Cn2cncn2)cc1)c1cc(C2CC2)nn1-c1ccccc1. The minimum atomic E-state index is -0.120. The molecule has 0 spiro atoms. The van der Waals surface area contributed by atoms with E-state index in [0.29, 0.717) is 24.7 Å². The summed E-state index contributed by atoms with van der Waals surface area (Å²) in [5, 5.41) is 11.9. The summed E-state index contributed by atoms with van der Waals surface area (Å²) in [6.07, 6.45) is 5.51. The average Bonchev–Trinajstić information content (AvgIpc) is 3.32. The van der Waals surface area contributed by atoms with Crippen LogP contribution < -0.4 is 5.32 Å². The maximum absolute atomic E-state index is 13.0. The van der Waals surface area contributed by atoms with E-state index < -0.39 is 0 Å². The molecule has 0 unspecified atom stereocenters. The molecule has 7 heteroatoms. The van der Waals surface area contributed by atoms with E-state index >= 15 is 0 Å². The standard InChI is InChI=1S/C23H22N6O/c30-23(25-13-17-6-8-18(9-7-17)14-28-16-24-15-26-28)22-12-21(19-10-11-19)27-29(22)20-4-2-1-3-5-20/h1-9,12,15-16,19H,10-11,13-14H2,(H,25,30). The second-order valence-electron chi connectivity index (χ2n) is 7.57. The lowest BCUT2D eigenvalue weighted by atomic mass is 10.1. The molecule has 2 aromatic heterocycles. The number of nitrogens with one attached hydrogen (secondary N) is 1. The van der Waals surface area contributed by atoms with Gasteiger partial charge in [-0.1, -0.05) is 42.5 Å². The fraction of sp³-hybridized carbons (Fsp3) is 0.217. The number of benzene rings is 2. The summed E-state index contributed by atoms with van der Waals surface area (Å²) < 4.78 is 3.53. The number of amides is 1. The van der Waals surface area contributed by atoms with Crippen LogP contribution in [0.3, 0.4) is 0 Å². The highest BCUT2D eigenvalue weighted by molar-refractivity contribution is 5.93. The monoisotopic (exact) mass is 398 g/mol. The van der Waals surface area contributed by atoms with Gasteiger partial charge in [0, 0.05) is 12.5 Å². The molecule has 1 N–H and O–H groups in total. The van der Waals surface area contributed by atoms with Crippen LogP contribution in [0.15, 0.2) is 73.3 Å². The Morgan fingerprint density at radius 2 is 1.80 bits per heavy atom.